The third-order valence-electron chi connectivity index (χ3n) is 4.18. The molecule has 0 amide bonds. The smallest absolute Gasteiger partial charge is 0.227 e. The van der Waals surface area contributed by atoms with E-state index >= 15 is 0 Å². The van der Waals surface area contributed by atoms with Crippen LogP contribution in [0.4, 0.5) is 11.8 Å². The molecule has 0 radical (unpaired) electrons. The zero-order chi connectivity index (χ0) is 17.8. The number of hydrogen-bond acceptors (Lipinski definition) is 7. The Hall–Kier alpha value is -3.00. The SMILES string of the molecule is Cc1cccnc1Nc1nnc(-c2ccc(OC3CCOCC3)cn2)[nH]1. The van der Waals surface area contributed by atoms with E-state index in [1.54, 1.807) is 12.4 Å². The molecule has 4 heterocycles. The molecule has 0 atom stereocenters. The van der Waals surface area contributed by atoms with E-state index in [0.717, 1.165) is 43.2 Å². The van der Waals surface area contributed by atoms with E-state index in [0.29, 0.717) is 17.5 Å². The molecule has 134 valence electrons. The first-order valence-electron chi connectivity index (χ1n) is 8.60. The Bertz CT molecular complexity index is 858. The van der Waals surface area contributed by atoms with Gasteiger partial charge in [0.25, 0.3) is 0 Å². The molecule has 1 saturated heterocycles. The second-order valence-electron chi connectivity index (χ2n) is 6.12. The van der Waals surface area contributed by atoms with Crippen LogP contribution in [0.15, 0.2) is 36.7 Å². The molecule has 2 N–H and O–H groups in total. The van der Waals surface area contributed by atoms with Crippen LogP contribution in [0.5, 0.6) is 5.75 Å². The highest BCUT2D eigenvalue weighted by Gasteiger charge is 2.15. The van der Waals surface area contributed by atoms with Crippen LogP contribution in [0.25, 0.3) is 11.5 Å². The summed E-state index contributed by atoms with van der Waals surface area (Å²) in [7, 11) is 0. The maximum atomic E-state index is 5.93. The molecule has 4 rings (SSSR count). The Kier molecular flexibility index (Phi) is 4.74. The lowest BCUT2D eigenvalue weighted by molar-refractivity contribution is 0.0254. The molecule has 26 heavy (non-hydrogen) atoms. The molecule has 3 aromatic heterocycles. The lowest BCUT2D eigenvalue weighted by Gasteiger charge is -2.23. The average molecular weight is 352 g/mol. The van der Waals surface area contributed by atoms with Gasteiger partial charge in [0.1, 0.15) is 23.4 Å². The molecule has 1 aliphatic rings. The van der Waals surface area contributed by atoms with Crippen molar-refractivity contribution in [3.05, 3.63) is 42.2 Å². The van der Waals surface area contributed by atoms with Gasteiger partial charge in [-0.3, -0.25) is 0 Å². The van der Waals surface area contributed by atoms with Crippen molar-refractivity contribution in [2.75, 3.05) is 18.5 Å². The zero-order valence-corrected chi connectivity index (χ0v) is 14.5. The van der Waals surface area contributed by atoms with Crippen molar-refractivity contribution in [1.82, 2.24) is 25.1 Å². The quantitative estimate of drug-likeness (QED) is 0.728. The van der Waals surface area contributed by atoms with Crippen LogP contribution >= 0.6 is 0 Å². The van der Waals surface area contributed by atoms with Gasteiger partial charge in [0.2, 0.25) is 5.95 Å². The molecule has 0 spiro atoms. The molecule has 0 aromatic carbocycles. The van der Waals surface area contributed by atoms with Crippen molar-refractivity contribution in [2.24, 2.45) is 0 Å². The molecular weight excluding hydrogens is 332 g/mol. The van der Waals surface area contributed by atoms with E-state index in [4.69, 9.17) is 9.47 Å². The lowest BCUT2D eigenvalue weighted by atomic mass is 10.1. The maximum absolute atomic E-state index is 5.93. The molecule has 0 unspecified atom stereocenters. The van der Waals surface area contributed by atoms with Gasteiger partial charge in [-0.2, -0.15) is 0 Å². The number of anilines is 2. The van der Waals surface area contributed by atoms with Crippen LogP contribution in [0.1, 0.15) is 18.4 Å². The van der Waals surface area contributed by atoms with Crippen LogP contribution in [0.3, 0.4) is 0 Å². The predicted molar refractivity (Wildman–Crippen MR) is 96.3 cm³/mol. The number of nitrogens with one attached hydrogen (secondary N) is 2. The standard InChI is InChI=1S/C18H20N6O2/c1-12-3-2-8-19-16(12)21-18-22-17(23-24-18)15-5-4-14(11-20-15)26-13-6-9-25-10-7-13/h2-5,8,11,13H,6-7,9-10H2,1H3,(H2,19,21,22,23,24). The fourth-order valence-electron chi connectivity index (χ4n) is 2.74. The Labute approximate surface area is 151 Å². The minimum Gasteiger partial charge on any atom is -0.489 e. The van der Waals surface area contributed by atoms with Crippen molar-refractivity contribution >= 4 is 11.8 Å². The van der Waals surface area contributed by atoms with E-state index in [-0.39, 0.29) is 6.10 Å². The van der Waals surface area contributed by atoms with Gasteiger partial charge in [-0.15, -0.1) is 10.2 Å². The third kappa shape index (κ3) is 3.80. The molecule has 1 fully saturated rings. The van der Waals surface area contributed by atoms with Gasteiger partial charge >= 0.3 is 0 Å². The molecule has 8 nitrogen and oxygen atoms in total. The van der Waals surface area contributed by atoms with Crippen molar-refractivity contribution in [3.63, 3.8) is 0 Å². The van der Waals surface area contributed by atoms with Gasteiger partial charge in [0.05, 0.1) is 19.4 Å². The van der Waals surface area contributed by atoms with E-state index in [1.165, 1.54) is 0 Å². The number of hydrogen-bond donors (Lipinski definition) is 2. The topological polar surface area (TPSA) is 97.8 Å². The van der Waals surface area contributed by atoms with Crippen molar-refractivity contribution in [3.8, 4) is 17.3 Å². The van der Waals surface area contributed by atoms with E-state index < -0.39 is 0 Å². The predicted octanol–water partition coefficient (Wildman–Crippen LogP) is 2.87. The van der Waals surface area contributed by atoms with Gasteiger partial charge in [-0.05, 0) is 30.7 Å². The summed E-state index contributed by atoms with van der Waals surface area (Å²) in [6.45, 7) is 3.48. The lowest BCUT2D eigenvalue weighted by Crippen LogP contribution is -2.25. The van der Waals surface area contributed by atoms with Gasteiger partial charge in [0, 0.05) is 19.0 Å². The molecule has 1 aliphatic heterocycles. The molecule has 8 heteroatoms. The molecule has 3 aromatic rings. The molecule has 0 saturated carbocycles. The van der Waals surface area contributed by atoms with Crippen molar-refractivity contribution in [2.45, 2.75) is 25.9 Å². The number of ether oxygens (including phenoxy) is 2. The van der Waals surface area contributed by atoms with Crippen molar-refractivity contribution in [1.29, 1.82) is 0 Å². The molecule has 0 bridgehead atoms. The first-order chi connectivity index (χ1) is 12.8. The summed E-state index contributed by atoms with van der Waals surface area (Å²) in [5.74, 6) is 2.59. The number of aryl methyl sites for hydroxylation is 1. The number of nitrogens with zero attached hydrogens (tertiary/aromatic N) is 4. The minimum absolute atomic E-state index is 0.194. The normalized spacial score (nSPS) is 15.0. The zero-order valence-electron chi connectivity index (χ0n) is 14.5. The number of H-pyrrole nitrogens is 1. The highest BCUT2D eigenvalue weighted by atomic mass is 16.5. The maximum Gasteiger partial charge on any atom is 0.227 e. The van der Waals surface area contributed by atoms with Gasteiger partial charge < -0.3 is 19.8 Å². The molecular formula is C18H20N6O2. The van der Waals surface area contributed by atoms with Crippen LogP contribution < -0.4 is 10.1 Å². The summed E-state index contributed by atoms with van der Waals surface area (Å²) < 4.78 is 11.3. The minimum atomic E-state index is 0.194. The van der Waals surface area contributed by atoms with E-state index in [1.807, 2.05) is 31.2 Å². The van der Waals surface area contributed by atoms with E-state index in [9.17, 15) is 0 Å². The van der Waals surface area contributed by atoms with Crippen LogP contribution in [-0.4, -0.2) is 44.5 Å². The number of aromatic amines is 1. The second-order valence-corrected chi connectivity index (χ2v) is 6.12. The van der Waals surface area contributed by atoms with Gasteiger partial charge in [-0.1, -0.05) is 6.07 Å². The monoisotopic (exact) mass is 352 g/mol. The van der Waals surface area contributed by atoms with Crippen molar-refractivity contribution < 1.29 is 9.47 Å². The Balaban J connectivity index is 1.43. The summed E-state index contributed by atoms with van der Waals surface area (Å²) in [5, 5.41) is 11.4. The Morgan fingerprint density at radius 1 is 1.15 bits per heavy atom. The Morgan fingerprint density at radius 3 is 2.81 bits per heavy atom. The summed E-state index contributed by atoms with van der Waals surface area (Å²) in [6, 6.07) is 7.63. The average Bonchev–Trinajstić information content (AvgIpc) is 3.14. The summed E-state index contributed by atoms with van der Waals surface area (Å²) in [6.07, 6.45) is 5.45. The number of rotatable bonds is 5. The molecule has 0 aliphatic carbocycles. The first kappa shape index (κ1) is 16.5. The van der Waals surface area contributed by atoms with Crippen LogP contribution in [-0.2, 0) is 4.74 Å². The summed E-state index contributed by atoms with van der Waals surface area (Å²) >= 11 is 0. The number of pyridine rings is 2. The van der Waals surface area contributed by atoms with Gasteiger partial charge in [-0.25, -0.2) is 9.97 Å². The summed E-state index contributed by atoms with van der Waals surface area (Å²) in [5.41, 5.74) is 1.72. The van der Waals surface area contributed by atoms with Crippen LogP contribution in [0.2, 0.25) is 0 Å². The third-order valence-corrected chi connectivity index (χ3v) is 4.18. The highest BCUT2D eigenvalue weighted by molar-refractivity contribution is 5.56. The number of aromatic nitrogens is 5. The second kappa shape index (κ2) is 7.49. The fourth-order valence-corrected chi connectivity index (χ4v) is 2.74. The van der Waals surface area contributed by atoms with Gasteiger partial charge in [0.15, 0.2) is 5.82 Å². The fraction of sp³-hybridized carbons (Fsp3) is 0.333. The van der Waals surface area contributed by atoms with Crippen LogP contribution in [0, 0.1) is 6.92 Å². The first-order valence-corrected chi connectivity index (χ1v) is 8.60. The Morgan fingerprint density at radius 2 is 2.04 bits per heavy atom. The van der Waals surface area contributed by atoms with E-state index in [2.05, 4.69) is 30.5 Å². The largest absolute Gasteiger partial charge is 0.489 e. The highest BCUT2D eigenvalue weighted by Crippen LogP contribution is 2.21. The summed E-state index contributed by atoms with van der Waals surface area (Å²) in [4.78, 5) is 11.8.